The molecule has 0 spiro atoms. The summed E-state index contributed by atoms with van der Waals surface area (Å²) in [6.45, 7) is 0. The third-order valence-corrected chi connectivity index (χ3v) is 6.13. The lowest BCUT2D eigenvalue weighted by Crippen LogP contribution is -2.42. The number of carboxylic acid groups (broad SMARTS) is 1. The van der Waals surface area contributed by atoms with Gasteiger partial charge in [0.05, 0.1) is 21.9 Å². The summed E-state index contributed by atoms with van der Waals surface area (Å²) in [7, 11) is -3.74. The smallest absolute Gasteiger partial charge is 0.326 e. The summed E-state index contributed by atoms with van der Waals surface area (Å²) in [4.78, 5) is 36.8. The summed E-state index contributed by atoms with van der Waals surface area (Å²) in [6.07, 6.45) is 0.860. The van der Waals surface area contributed by atoms with Crippen LogP contribution in [0.25, 0.3) is 11.1 Å². The molecule has 0 aliphatic heterocycles. The van der Waals surface area contributed by atoms with Crippen molar-refractivity contribution < 1.29 is 27.9 Å². The molecule has 2 amide bonds. The monoisotopic (exact) mass is 534 g/mol. The van der Waals surface area contributed by atoms with E-state index < -0.39 is 33.8 Å². The van der Waals surface area contributed by atoms with E-state index in [-0.39, 0.29) is 27.6 Å². The lowest BCUT2D eigenvalue weighted by Gasteiger charge is -2.16. The van der Waals surface area contributed by atoms with Gasteiger partial charge in [-0.2, -0.15) is 0 Å². The van der Waals surface area contributed by atoms with E-state index in [2.05, 4.69) is 5.32 Å². The molecule has 0 saturated heterocycles. The molecular formula is C24H20Cl2N2O6S. The Kier molecular flexibility index (Phi) is 8.16. The molecule has 0 fully saturated rings. The Hall–Kier alpha value is -3.40. The quantitative estimate of drug-likeness (QED) is 0.403. The molecule has 0 aromatic heterocycles. The summed E-state index contributed by atoms with van der Waals surface area (Å²) in [5.74, 6) is -2.72. The Balaban J connectivity index is 1.80. The van der Waals surface area contributed by atoms with Gasteiger partial charge in [0.2, 0.25) is 10.0 Å². The summed E-state index contributed by atoms with van der Waals surface area (Å²) >= 11 is 12.1. The number of hydrogen-bond acceptors (Lipinski definition) is 5. The number of hydrogen-bond donors (Lipinski definition) is 3. The van der Waals surface area contributed by atoms with E-state index in [0.29, 0.717) is 16.7 Å². The first kappa shape index (κ1) is 26.2. The zero-order valence-corrected chi connectivity index (χ0v) is 20.6. The number of halogens is 2. The van der Waals surface area contributed by atoms with Crippen molar-refractivity contribution >= 4 is 51.0 Å². The SMILES string of the molecule is CS(=O)(=O)NC(=O)c1ccccc1-c1ccc(C[C@H](NC(=O)c2c(Cl)cccc2Cl)C(=O)O)cc1. The van der Waals surface area contributed by atoms with Crippen LogP contribution in [0.1, 0.15) is 26.3 Å². The maximum atomic E-state index is 12.6. The molecule has 3 aromatic rings. The van der Waals surface area contributed by atoms with E-state index in [1.165, 1.54) is 18.2 Å². The van der Waals surface area contributed by atoms with Crippen LogP contribution in [0.2, 0.25) is 10.0 Å². The second-order valence-corrected chi connectivity index (χ2v) is 10.2. The van der Waals surface area contributed by atoms with Gasteiger partial charge >= 0.3 is 5.97 Å². The third-order valence-electron chi connectivity index (χ3n) is 4.95. The largest absolute Gasteiger partial charge is 0.480 e. The Bertz CT molecular complexity index is 1370. The molecular weight excluding hydrogens is 515 g/mol. The number of aliphatic carboxylic acids is 1. The van der Waals surface area contributed by atoms with Crippen molar-refractivity contribution in [3.63, 3.8) is 0 Å². The Labute approximate surface area is 211 Å². The molecule has 35 heavy (non-hydrogen) atoms. The normalized spacial score (nSPS) is 12.0. The third kappa shape index (κ3) is 6.82. The molecule has 0 saturated carbocycles. The number of benzene rings is 3. The number of nitrogens with one attached hydrogen (secondary N) is 2. The van der Waals surface area contributed by atoms with Gasteiger partial charge in [-0.05, 0) is 34.9 Å². The highest BCUT2D eigenvalue weighted by atomic mass is 35.5. The molecule has 0 radical (unpaired) electrons. The van der Waals surface area contributed by atoms with Crippen LogP contribution in [-0.2, 0) is 21.2 Å². The van der Waals surface area contributed by atoms with Crippen molar-refractivity contribution in [2.24, 2.45) is 0 Å². The fourth-order valence-corrected chi connectivity index (χ4v) is 4.37. The average Bonchev–Trinajstić information content (AvgIpc) is 2.78. The molecule has 182 valence electrons. The van der Waals surface area contributed by atoms with Crippen LogP contribution in [0.3, 0.4) is 0 Å². The summed E-state index contributed by atoms with van der Waals surface area (Å²) < 4.78 is 24.8. The van der Waals surface area contributed by atoms with E-state index in [1.54, 1.807) is 48.5 Å². The number of rotatable bonds is 8. The highest BCUT2D eigenvalue weighted by Crippen LogP contribution is 2.26. The topological polar surface area (TPSA) is 130 Å². The molecule has 1 atom stereocenters. The maximum absolute atomic E-state index is 12.6. The average molecular weight is 535 g/mol. The van der Waals surface area contributed by atoms with Gasteiger partial charge in [0.1, 0.15) is 6.04 Å². The minimum atomic E-state index is -3.74. The predicted molar refractivity (Wildman–Crippen MR) is 133 cm³/mol. The van der Waals surface area contributed by atoms with Crippen LogP contribution in [0, 0.1) is 0 Å². The lowest BCUT2D eigenvalue weighted by molar-refractivity contribution is -0.139. The number of carbonyl (C=O) groups excluding carboxylic acids is 2. The summed E-state index contributed by atoms with van der Waals surface area (Å²) in [5, 5.41) is 12.3. The molecule has 0 aliphatic carbocycles. The predicted octanol–water partition coefficient (Wildman–Crippen LogP) is 3.78. The fourth-order valence-electron chi connectivity index (χ4n) is 3.36. The van der Waals surface area contributed by atoms with Gasteiger partial charge in [-0.3, -0.25) is 9.59 Å². The number of carboxylic acids is 1. The summed E-state index contributed by atoms with van der Waals surface area (Å²) in [6, 6.07) is 16.4. The minimum Gasteiger partial charge on any atom is -0.480 e. The highest BCUT2D eigenvalue weighted by Gasteiger charge is 2.24. The van der Waals surface area contributed by atoms with E-state index in [0.717, 1.165) is 6.26 Å². The van der Waals surface area contributed by atoms with Gasteiger partial charge in [0, 0.05) is 12.0 Å². The van der Waals surface area contributed by atoms with Crippen molar-refractivity contribution in [2.75, 3.05) is 6.26 Å². The van der Waals surface area contributed by atoms with Gasteiger partial charge in [-0.25, -0.2) is 17.9 Å². The van der Waals surface area contributed by atoms with Crippen molar-refractivity contribution in [3.8, 4) is 11.1 Å². The van der Waals surface area contributed by atoms with Gasteiger partial charge in [-0.15, -0.1) is 0 Å². The van der Waals surface area contributed by atoms with E-state index >= 15 is 0 Å². The number of carbonyl (C=O) groups is 3. The first-order chi connectivity index (χ1) is 16.5. The second kappa shape index (κ2) is 10.9. The molecule has 8 nitrogen and oxygen atoms in total. The van der Waals surface area contributed by atoms with Crippen LogP contribution >= 0.6 is 23.2 Å². The second-order valence-electron chi connectivity index (χ2n) is 7.61. The zero-order valence-electron chi connectivity index (χ0n) is 18.3. The Morgan fingerprint density at radius 2 is 1.49 bits per heavy atom. The number of sulfonamides is 1. The molecule has 3 N–H and O–H groups in total. The van der Waals surface area contributed by atoms with Crippen molar-refractivity contribution in [1.29, 1.82) is 0 Å². The fraction of sp³-hybridized carbons (Fsp3) is 0.125. The molecule has 0 aliphatic rings. The maximum Gasteiger partial charge on any atom is 0.326 e. The van der Waals surface area contributed by atoms with Gasteiger partial charge < -0.3 is 10.4 Å². The molecule has 3 rings (SSSR count). The van der Waals surface area contributed by atoms with Crippen LogP contribution in [0.4, 0.5) is 0 Å². The highest BCUT2D eigenvalue weighted by molar-refractivity contribution is 7.89. The molecule has 3 aromatic carbocycles. The van der Waals surface area contributed by atoms with Crippen molar-refractivity contribution in [1.82, 2.24) is 10.0 Å². The first-order valence-electron chi connectivity index (χ1n) is 10.1. The standard InChI is InChI=1S/C24H20Cl2N2O6S/c1-35(33,34)28-22(29)17-6-3-2-5-16(17)15-11-9-14(10-12-15)13-20(24(31)32)27-23(30)21-18(25)7-4-8-19(21)26/h2-12,20H,13H2,1H3,(H,27,30)(H,28,29)(H,31,32)/t20-/m0/s1. The molecule has 0 heterocycles. The van der Waals surface area contributed by atoms with Crippen molar-refractivity contribution in [2.45, 2.75) is 12.5 Å². The van der Waals surface area contributed by atoms with Gasteiger partial charge in [-0.1, -0.05) is 71.7 Å². The number of amides is 2. The van der Waals surface area contributed by atoms with Crippen molar-refractivity contribution in [3.05, 3.63) is 93.5 Å². The summed E-state index contributed by atoms with van der Waals surface area (Å²) in [5.41, 5.74) is 1.87. The van der Waals surface area contributed by atoms with Crippen LogP contribution in [-0.4, -0.2) is 43.6 Å². The lowest BCUT2D eigenvalue weighted by atomic mass is 9.97. The van der Waals surface area contributed by atoms with Crippen LogP contribution in [0.15, 0.2) is 66.7 Å². The van der Waals surface area contributed by atoms with E-state index in [1.807, 2.05) is 4.72 Å². The molecule has 0 bridgehead atoms. The van der Waals surface area contributed by atoms with E-state index in [4.69, 9.17) is 23.2 Å². The first-order valence-corrected chi connectivity index (χ1v) is 12.8. The minimum absolute atomic E-state index is 0.0126. The van der Waals surface area contributed by atoms with Gasteiger partial charge in [0.15, 0.2) is 0 Å². The molecule has 0 unspecified atom stereocenters. The van der Waals surface area contributed by atoms with Crippen LogP contribution < -0.4 is 10.0 Å². The Morgan fingerprint density at radius 3 is 2.06 bits per heavy atom. The zero-order chi connectivity index (χ0) is 25.8. The van der Waals surface area contributed by atoms with E-state index in [9.17, 15) is 27.9 Å². The van der Waals surface area contributed by atoms with Gasteiger partial charge in [0.25, 0.3) is 11.8 Å². The molecule has 11 heteroatoms. The van der Waals surface area contributed by atoms with Crippen LogP contribution in [0.5, 0.6) is 0 Å². The Morgan fingerprint density at radius 1 is 0.886 bits per heavy atom.